The minimum absolute atomic E-state index is 0.481. The van der Waals surface area contributed by atoms with Crippen molar-refractivity contribution in [2.75, 3.05) is 0 Å². The van der Waals surface area contributed by atoms with E-state index >= 15 is 0 Å². The maximum absolute atomic E-state index is 10.2. The second-order valence-electron chi connectivity index (χ2n) is 2.20. The maximum Gasteiger partial charge on any atom is 0.170 e. The molecule has 0 N–H and O–H groups in total. The lowest BCUT2D eigenvalue weighted by atomic mass is 10.4. The predicted octanol–water partition coefficient (Wildman–Crippen LogP) is 1.27. The molecule has 0 saturated heterocycles. The van der Waals surface area contributed by atoms with E-state index in [9.17, 15) is 4.79 Å². The van der Waals surface area contributed by atoms with Crippen molar-refractivity contribution >= 4 is 6.29 Å². The van der Waals surface area contributed by atoms with E-state index in [1.165, 1.54) is 0 Å². The number of allylic oxidation sites excluding steroid dienone is 1. The van der Waals surface area contributed by atoms with Crippen molar-refractivity contribution in [2.24, 2.45) is 0 Å². The van der Waals surface area contributed by atoms with Crippen molar-refractivity contribution in [3.05, 3.63) is 30.6 Å². The van der Waals surface area contributed by atoms with E-state index in [0.29, 0.717) is 5.69 Å². The second kappa shape index (κ2) is 3.71. The van der Waals surface area contributed by atoms with Gasteiger partial charge in [-0.25, -0.2) is 0 Å². The van der Waals surface area contributed by atoms with E-state index in [1.54, 1.807) is 16.9 Å². The van der Waals surface area contributed by atoms with E-state index in [0.717, 1.165) is 19.3 Å². The van der Waals surface area contributed by atoms with Gasteiger partial charge in [0.15, 0.2) is 6.29 Å². The fourth-order valence-electron chi connectivity index (χ4n) is 0.788. The summed E-state index contributed by atoms with van der Waals surface area (Å²) in [5.41, 5.74) is 0.481. The summed E-state index contributed by atoms with van der Waals surface area (Å²) >= 11 is 0. The number of aromatic nitrogens is 2. The Kier molecular flexibility index (Phi) is 2.60. The number of aldehydes is 1. The standard InChI is InChI=1S/C8H10N2O/c1-2-3-5-10-6-4-8(7-11)9-10/h2,4,6-7H,1,3,5H2. The molecule has 0 fully saturated rings. The molecule has 3 nitrogen and oxygen atoms in total. The van der Waals surface area contributed by atoms with Crippen LogP contribution in [0.2, 0.25) is 0 Å². The van der Waals surface area contributed by atoms with Gasteiger partial charge in [-0.3, -0.25) is 9.48 Å². The Morgan fingerprint density at radius 1 is 1.73 bits per heavy atom. The summed E-state index contributed by atoms with van der Waals surface area (Å²) in [5.74, 6) is 0. The lowest BCUT2D eigenvalue weighted by Gasteiger charge is -1.94. The van der Waals surface area contributed by atoms with Crippen molar-refractivity contribution < 1.29 is 4.79 Å². The van der Waals surface area contributed by atoms with Crippen molar-refractivity contribution in [3.8, 4) is 0 Å². The third-order valence-corrected chi connectivity index (χ3v) is 1.34. The summed E-state index contributed by atoms with van der Waals surface area (Å²) in [6.07, 6.45) is 5.22. The Hall–Kier alpha value is -1.38. The molecule has 0 bridgehead atoms. The van der Waals surface area contributed by atoms with Crippen molar-refractivity contribution in [2.45, 2.75) is 13.0 Å². The smallest absolute Gasteiger partial charge is 0.170 e. The van der Waals surface area contributed by atoms with Crippen LogP contribution < -0.4 is 0 Å². The molecule has 1 heterocycles. The van der Waals surface area contributed by atoms with Gasteiger partial charge in [-0.1, -0.05) is 6.08 Å². The normalized spacial score (nSPS) is 9.45. The summed E-state index contributed by atoms with van der Waals surface area (Å²) in [7, 11) is 0. The average Bonchev–Trinajstić information content (AvgIpc) is 2.48. The molecule has 0 spiro atoms. The first-order valence-electron chi connectivity index (χ1n) is 3.46. The summed E-state index contributed by atoms with van der Waals surface area (Å²) < 4.78 is 1.73. The van der Waals surface area contributed by atoms with Gasteiger partial charge in [0.25, 0.3) is 0 Å². The minimum Gasteiger partial charge on any atom is -0.296 e. The van der Waals surface area contributed by atoms with E-state index in [1.807, 2.05) is 6.08 Å². The molecule has 11 heavy (non-hydrogen) atoms. The quantitative estimate of drug-likeness (QED) is 0.478. The Balaban J connectivity index is 2.57. The Bertz CT molecular complexity index is 252. The van der Waals surface area contributed by atoms with Crippen molar-refractivity contribution in [1.29, 1.82) is 0 Å². The van der Waals surface area contributed by atoms with Crippen LogP contribution in [-0.4, -0.2) is 16.1 Å². The van der Waals surface area contributed by atoms with Gasteiger partial charge >= 0.3 is 0 Å². The first kappa shape index (κ1) is 7.72. The lowest BCUT2D eigenvalue weighted by molar-refractivity contribution is 0.111. The number of rotatable bonds is 4. The zero-order valence-electron chi connectivity index (χ0n) is 6.23. The molecular formula is C8H10N2O. The third-order valence-electron chi connectivity index (χ3n) is 1.34. The molecule has 0 radical (unpaired) electrons. The average molecular weight is 150 g/mol. The summed E-state index contributed by atoms with van der Waals surface area (Å²) in [6.45, 7) is 4.38. The highest BCUT2D eigenvalue weighted by molar-refractivity contribution is 5.71. The number of hydrogen-bond donors (Lipinski definition) is 0. The highest BCUT2D eigenvalue weighted by Crippen LogP contribution is 1.93. The molecule has 0 aliphatic heterocycles. The van der Waals surface area contributed by atoms with E-state index in [2.05, 4.69) is 11.7 Å². The van der Waals surface area contributed by atoms with Crippen LogP contribution in [-0.2, 0) is 6.54 Å². The fourth-order valence-corrected chi connectivity index (χ4v) is 0.788. The van der Waals surface area contributed by atoms with Gasteiger partial charge in [-0.15, -0.1) is 6.58 Å². The van der Waals surface area contributed by atoms with Gasteiger partial charge in [-0.2, -0.15) is 5.10 Å². The lowest BCUT2D eigenvalue weighted by Crippen LogP contribution is -1.97. The van der Waals surface area contributed by atoms with E-state index in [-0.39, 0.29) is 0 Å². The fraction of sp³-hybridized carbons (Fsp3) is 0.250. The van der Waals surface area contributed by atoms with Gasteiger partial charge in [-0.05, 0) is 12.5 Å². The van der Waals surface area contributed by atoms with Crippen molar-refractivity contribution in [3.63, 3.8) is 0 Å². The number of aryl methyl sites for hydroxylation is 1. The largest absolute Gasteiger partial charge is 0.296 e. The first-order chi connectivity index (χ1) is 5.36. The summed E-state index contributed by atoms with van der Waals surface area (Å²) in [5, 5.41) is 3.97. The SMILES string of the molecule is C=CCCn1ccc(C=O)n1. The molecule has 58 valence electrons. The van der Waals surface area contributed by atoms with Gasteiger partial charge in [0.05, 0.1) is 0 Å². The van der Waals surface area contributed by atoms with Crippen molar-refractivity contribution in [1.82, 2.24) is 9.78 Å². The van der Waals surface area contributed by atoms with Crippen LogP contribution in [0.5, 0.6) is 0 Å². The zero-order valence-corrected chi connectivity index (χ0v) is 6.23. The van der Waals surface area contributed by atoms with Crippen LogP contribution >= 0.6 is 0 Å². The molecule has 0 amide bonds. The molecule has 0 aromatic carbocycles. The van der Waals surface area contributed by atoms with Crippen LogP contribution in [0.4, 0.5) is 0 Å². The monoisotopic (exact) mass is 150 g/mol. The van der Waals surface area contributed by atoms with Gasteiger partial charge in [0.2, 0.25) is 0 Å². The predicted molar refractivity (Wildman–Crippen MR) is 42.4 cm³/mol. The van der Waals surface area contributed by atoms with Crippen LogP contribution in [0.3, 0.4) is 0 Å². The van der Waals surface area contributed by atoms with Crippen LogP contribution in [0.25, 0.3) is 0 Å². The molecule has 0 aliphatic carbocycles. The Morgan fingerprint density at radius 2 is 2.55 bits per heavy atom. The van der Waals surface area contributed by atoms with Crippen LogP contribution in [0.1, 0.15) is 16.9 Å². The molecule has 0 saturated carbocycles. The topological polar surface area (TPSA) is 34.9 Å². The number of carbonyl (C=O) groups is 1. The molecule has 1 aromatic rings. The van der Waals surface area contributed by atoms with Crippen LogP contribution in [0.15, 0.2) is 24.9 Å². The van der Waals surface area contributed by atoms with Gasteiger partial charge < -0.3 is 0 Å². The summed E-state index contributed by atoms with van der Waals surface area (Å²) in [6, 6.07) is 1.69. The minimum atomic E-state index is 0.481. The molecule has 0 unspecified atom stereocenters. The molecule has 1 aromatic heterocycles. The number of carbonyl (C=O) groups excluding carboxylic acids is 1. The highest BCUT2D eigenvalue weighted by atomic mass is 16.1. The number of hydrogen-bond acceptors (Lipinski definition) is 2. The molecule has 3 heteroatoms. The Morgan fingerprint density at radius 3 is 3.09 bits per heavy atom. The molecule has 1 rings (SSSR count). The maximum atomic E-state index is 10.2. The summed E-state index contributed by atoms with van der Waals surface area (Å²) in [4.78, 5) is 10.2. The molecule has 0 aliphatic rings. The third kappa shape index (κ3) is 2.04. The Labute approximate surface area is 65.3 Å². The van der Waals surface area contributed by atoms with Gasteiger partial charge in [0.1, 0.15) is 5.69 Å². The first-order valence-corrected chi connectivity index (χ1v) is 3.46. The highest BCUT2D eigenvalue weighted by Gasteiger charge is 1.93. The van der Waals surface area contributed by atoms with Crippen LogP contribution in [0, 0.1) is 0 Å². The molecular weight excluding hydrogens is 140 g/mol. The zero-order chi connectivity index (χ0) is 8.10. The molecule has 0 atom stereocenters. The van der Waals surface area contributed by atoms with E-state index < -0.39 is 0 Å². The van der Waals surface area contributed by atoms with E-state index in [4.69, 9.17) is 0 Å². The van der Waals surface area contributed by atoms with Gasteiger partial charge in [0, 0.05) is 12.7 Å². The number of nitrogens with zero attached hydrogens (tertiary/aromatic N) is 2. The second-order valence-corrected chi connectivity index (χ2v) is 2.20.